The first-order valence-electron chi connectivity index (χ1n) is 8.43. The zero-order chi connectivity index (χ0) is 16.7. The van der Waals surface area contributed by atoms with E-state index in [0.717, 1.165) is 36.8 Å². The average molecular weight is 337 g/mol. The highest BCUT2D eigenvalue weighted by atomic mass is 32.2. The van der Waals surface area contributed by atoms with E-state index in [9.17, 15) is 4.79 Å². The minimum atomic E-state index is -0.0841. The second-order valence-corrected chi connectivity index (χ2v) is 7.47. The van der Waals surface area contributed by atoms with Crippen molar-refractivity contribution in [3.05, 3.63) is 24.3 Å². The molecule has 1 N–H and O–H groups in total. The van der Waals surface area contributed by atoms with Crippen molar-refractivity contribution >= 4 is 17.7 Å². The fourth-order valence-electron chi connectivity index (χ4n) is 2.81. The predicted molar refractivity (Wildman–Crippen MR) is 96.2 cm³/mol. The van der Waals surface area contributed by atoms with Crippen LogP contribution in [0.5, 0.6) is 5.75 Å². The van der Waals surface area contributed by atoms with Gasteiger partial charge in [0.1, 0.15) is 5.75 Å². The van der Waals surface area contributed by atoms with Crippen molar-refractivity contribution in [2.24, 2.45) is 5.92 Å². The maximum absolute atomic E-state index is 12.3. The Bertz CT molecular complexity index is 484. The van der Waals surface area contributed by atoms with Gasteiger partial charge < -0.3 is 15.0 Å². The number of piperidine rings is 1. The standard InChI is InChI=1S/C18H28N2O2S/c1-4-20-11-9-15(10-12-20)13-19-18(21)14(2)23-17-7-5-16(22-3)6-8-17/h5-8,14-15H,4,9-13H2,1-3H3,(H,19,21). The molecular formula is C18H28N2O2S. The third kappa shape index (κ3) is 5.74. The number of methoxy groups -OCH3 is 1. The van der Waals surface area contributed by atoms with Crippen LogP contribution in [0.4, 0.5) is 0 Å². The Hall–Kier alpha value is -1.20. The number of benzene rings is 1. The highest BCUT2D eigenvalue weighted by Gasteiger charge is 2.20. The quantitative estimate of drug-likeness (QED) is 0.777. The first-order chi connectivity index (χ1) is 11.1. The van der Waals surface area contributed by atoms with E-state index in [-0.39, 0.29) is 11.2 Å². The second-order valence-electron chi connectivity index (χ2n) is 6.06. The average Bonchev–Trinajstić information content (AvgIpc) is 2.60. The number of rotatable bonds is 7. The number of ether oxygens (including phenoxy) is 1. The summed E-state index contributed by atoms with van der Waals surface area (Å²) in [5.41, 5.74) is 0. The molecule has 128 valence electrons. The van der Waals surface area contributed by atoms with Crippen molar-refractivity contribution in [1.29, 1.82) is 0 Å². The summed E-state index contributed by atoms with van der Waals surface area (Å²) in [6.45, 7) is 8.43. The molecule has 1 aliphatic rings. The molecule has 0 bridgehead atoms. The number of nitrogens with zero attached hydrogens (tertiary/aromatic N) is 1. The summed E-state index contributed by atoms with van der Waals surface area (Å²) in [7, 11) is 1.66. The zero-order valence-corrected chi connectivity index (χ0v) is 15.2. The van der Waals surface area contributed by atoms with Gasteiger partial charge in [-0.3, -0.25) is 4.79 Å². The molecule has 1 unspecified atom stereocenters. The summed E-state index contributed by atoms with van der Waals surface area (Å²) in [6.07, 6.45) is 2.38. The van der Waals surface area contributed by atoms with Crippen molar-refractivity contribution < 1.29 is 9.53 Å². The molecular weight excluding hydrogens is 308 g/mol. The summed E-state index contributed by atoms with van der Waals surface area (Å²) in [4.78, 5) is 15.8. The molecule has 4 nitrogen and oxygen atoms in total. The van der Waals surface area contributed by atoms with Gasteiger partial charge in [0.25, 0.3) is 0 Å². The maximum atomic E-state index is 12.3. The third-order valence-corrected chi connectivity index (χ3v) is 5.57. The summed E-state index contributed by atoms with van der Waals surface area (Å²) in [5, 5.41) is 3.04. The number of carbonyl (C=O) groups excluding carboxylic acids is 1. The molecule has 0 spiro atoms. The van der Waals surface area contributed by atoms with Crippen molar-refractivity contribution in [2.45, 2.75) is 36.8 Å². The van der Waals surface area contributed by atoms with Gasteiger partial charge in [-0.25, -0.2) is 0 Å². The van der Waals surface area contributed by atoms with E-state index in [0.29, 0.717) is 5.92 Å². The molecule has 1 atom stereocenters. The lowest BCUT2D eigenvalue weighted by Gasteiger charge is -2.31. The van der Waals surface area contributed by atoms with Gasteiger partial charge in [0, 0.05) is 11.4 Å². The van der Waals surface area contributed by atoms with Crippen LogP contribution in [0.3, 0.4) is 0 Å². The lowest BCUT2D eigenvalue weighted by molar-refractivity contribution is -0.120. The Labute approximate surface area is 144 Å². The van der Waals surface area contributed by atoms with Crippen LogP contribution in [-0.4, -0.2) is 49.3 Å². The Balaban J connectivity index is 1.72. The van der Waals surface area contributed by atoms with Crippen LogP contribution in [0.25, 0.3) is 0 Å². The molecule has 1 heterocycles. The Morgan fingerprint density at radius 1 is 1.35 bits per heavy atom. The number of nitrogens with one attached hydrogen (secondary N) is 1. The monoisotopic (exact) mass is 336 g/mol. The number of carbonyl (C=O) groups is 1. The van der Waals surface area contributed by atoms with Crippen molar-refractivity contribution in [1.82, 2.24) is 10.2 Å². The van der Waals surface area contributed by atoms with Gasteiger partial charge in [0.05, 0.1) is 12.4 Å². The van der Waals surface area contributed by atoms with E-state index >= 15 is 0 Å². The Morgan fingerprint density at radius 3 is 2.57 bits per heavy atom. The molecule has 1 aromatic rings. The van der Waals surface area contributed by atoms with E-state index in [1.807, 2.05) is 31.2 Å². The molecule has 1 amide bonds. The van der Waals surface area contributed by atoms with Crippen molar-refractivity contribution in [2.75, 3.05) is 33.3 Å². The highest BCUT2D eigenvalue weighted by molar-refractivity contribution is 8.00. The molecule has 5 heteroatoms. The molecule has 1 saturated heterocycles. The van der Waals surface area contributed by atoms with E-state index in [2.05, 4.69) is 17.1 Å². The minimum Gasteiger partial charge on any atom is -0.497 e. The van der Waals surface area contributed by atoms with Gasteiger partial charge in [-0.2, -0.15) is 0 Å². The second kappa shape index (κ2) is 9.18. The fraction of sp³-hybridized carbons (Fsp3) is 0.611. The smallest absolute Gasteiger partial charge is 0.233 e. The van der Waals surface area contributed by atoms with Crippen LogP contribution in [0, 0.1) is 5.92 Å². The van der Waals surface area contributed by atoms with Crippen LogP contribution in [0.15, 0.2) is 29.2 Å². The van der Waals surface area contributed by atoms with Crippen LogP contribution in [-0.2, 0) is 4.79 Å². The predicted octanol–water partition coefficient (Wildman–Crippen LogP) is 3.02. The minimum absolute atomic E-state index is 0.0841. The van der Waals surface area contributed by atoms with E-state index in [4.69, 9.17) is 4.74 Å². The summed E-state index contributed by atoms with van der Waals surface area (Å²) >= 11 is 1.59. The number of amides is 1. The summed E-state index contributed by atoms with van der Waals surface area (Å²) in [6, 6.07) is 7.84. The number of thioether (sulfide) groups is 1. The molecule has 1 aliphatic heterocycles. The van der Waals surface area contributed by atoms with Gasteiger partial charge in [-0.1, -0.05) is 6.92 Å². The van der Waals surface area contributed by atoms with Gasteiger partial charge in [0.2, 0.25) is 5.91 Å². The number of likely N-dealkylation sites (tertiary alicyclic amines) is 1. The van der Waals surface area contributed by atoms with E-state index in [1.54, 1.807) is 18.9 Å². The van der Waals surface area contributed by atoms with E-state index in [1.165, 1.54) is 12.8 Å². The molecule has 23 heavy (non-hydrogen) atoms. The Morgan fingerprint density at radius 2 is 2.00 bits per heavy atom. The lowest BCUT2D eigenvalue weighted by Crippen LogP contribution is -2.40. The van der Waals surface area contributed by atoms with Crippen LogP contribution >= 0.6 is 11.8 Å². The first-order valence-corrected chi connectivity index (χ1v) is 9.31. The molecule has 0 radical (unpaired) electrons. The lowest BCUT2D eigenvalue weighted by atomic mass is 9.97. The fourth-order valence-corrected chi connectivity index (χ4v) is 3.70. The summed E-state index contributed by atoms with van der Waals surface area (Å²) < 4.78 is 5.15. The van der Waals surface area contributed by atoms with Crippen molar-refractivity contribution in [3.8, 4) is 5.75 Å². The number of hydrogen-bond acceptors (Lipinski definition) is 4. The van der Waals surface area contributed by atoms with Gasteiger partial charge >= 0.3 is 0 Å². The molecule has 2 rings (SSSR count). The molecule has 0 aromatic heterocycles. The molecule has 1 fully saturated rings. The SMILES string of the molecule is CCN1CCC(CNC(=O)C(C)Sc2ccc(OC)cc2)CC1. The molecule has 0 saturated carbocycles. The van der Waals surface area contributed by atoms with E-state index < -0.39 is 0 Å². The number of hydrogen-bond donors (Lipinski definition) is 1. The topological polar surface area (TPSA) is 41.6 Å². The Kier molecular flexibility index (Phi) is 7.24. The largest absolute Gasteiger partial charge is 0.497 e. The van der Waals surface area contributed by atoms with Crippen LogP contribution in [0.1, 0.15) is 26.7 Å². The van der Waals surface area contributed by atoms with Crippen LogP contribution < -0.4 is 10.1 Å². The maximum Gasteiger partial charge on any atom is 0.233 e. The zero-order valence-electron chi connectivity index (χ0n) is 14.4. The third-order valence-electron chi connectivity index (χ3n) is 4.46. The van der Waals surface area contributed by atoms with Crippen molar-refractivity contribution in [3.63, 3.8) is 0 Å². The van der Waals surface area contributed by atoms with Crippen LogP contribution in [0.2, 0.25) is 0 Å². The van der Waals surface area contributed by atoms with Gasteiger partial charge in [-0.15, -0.1) is 11.8 Å². The summed E-state index contributed by atoms with van der Waals surface area (Å²) in [5.74, 6) is 1.59. The highest BCUT2D eigenvalue weighted by Crippen LogP contribution is 2.25. The molecule has 0 aliphatic carbocycles. The van der Waals surface area contributed by atoms with Gasteiger partial charge in [0.15, 0.2) is 0 Å². The molecule has 1 aromatic carbocycles. The van der Waals surface area contributed by atoms with Gasteiger partial charge in [-0.05, 0) is 69.6 Å². The normalized spacial score (nSPS) is 17.7. The first kappa shape index (κ1) is 18.1.